The minimum Gasteiger partial charge on any atom is -0.415 e. The third kappa shape index (κ3) is 1.93. The Bertz CT molecular complexity index is 260. The molecular formula is C7H10F2N2O. The third-order valence-electron chi connectivity index (χ3n) is 1.42. The van der Waals surface area contributed by atoms with Gasteiger partial charge in [0.2, 0.25) is 5.88 Å². The maximum atomic E-state index is 11.7. The molecule has 0 bridgehead atoms. The monoisotopic (exact) mass is 176 g/mol. The summed E-state index contributed by atoms with van der Waals surface area (Å²) in [4.78, 5) is 0. The second-order valence-corrected chi connectivity index (χ2v) is 2.35. The minimum atomic E-state index is -2.80. The summed E-state index contributed by atoms with van der Waals surface area (Å²) in [6.45, 7) is 1.40. The van der Waals surface area contributed by atoms with Crippen molar-refractivity contribution in [3.8, 4) is 5.88 Å². The van der Waals surface area contributed by atoms with Crippen LogP contribution in [-0.4, -0.2) is 16.4 Å². The first-order chi connectivity index (χ1) is 5.63. The van der Waals surface area contributed by atoms with Crippen molar-refractivity contribution in [2.24, 2.45) is 0 Å². The molecule has 68 valence electrons. The van der Waals surface area contributed by atoms with Crippen LogP contribution in [0.2, 0.25) is 0 Å². The summed E-state index contributed by atoms with van der Waals surface area (Å²) in [5.41, 5.74) is 0.622. The normalized spacial score (nSPS) is 10.8. The van der Waals surface area contributed by atoms with Gasteiger partial charge in [0.05, 0.1) is 0 Å². The zero-order valence-electron chi connectivity index (χ0n) is 6.92. The maximum absolute atomic E-state index is 11.7. The van der Waals surface area contributed by atoms with Crippen molar-refractivity contribution in [3.05, 3.63) is 11.8 Å². The highest BCUT2D eigenvalue weighted by atomic mass is 19.3. The molecule has 3 nitrogen and oxygen atoms in total. The van der Waals surface area contributed by atoms with E-state index in [4.69, 9.17) is 0 Å². The number of hydrogen-bond donors (Lipinski definition) is 0. The van der Waals surface area contributed by atoms with Gasteiger partial charge in [0, 0.05) is 18.3 Å². The van der Waals surface area contributed by atoms with E-state index in [0.29, 0.717) is 12.1 Å². The Morgan fingerprint density at radius 3 is 2.75 bits per heavy atom. The predicted molar refractivity (Wildman–Crippen MR) is 39.3 cm³/mol. The smallest absolute Gasteiger partial charge is 0.388 e. The van der Waals surface area contributed by atoms with Gasteiger partial charge in [-0.15, -0.1) is 5.10 Å². The summed E-state index contributed by atoms with van der Waals surface area (Å²) in [5.74, 6) is 0.00634. The number of ether oxygens (including phenoxy) is 1. The van der Waals surface area contributed by atoms with E-state index in [-0.39, 0.29) is 5.88 Å². The highest BCUT2D eigenvalue weighted by Gasteiger charge is 2.10. The van der Waals surface area contributed by atoms with Crippen LogP contribution < -0.4 is 4.74 Å². The first kappa shape index (κ1) is 8.96. The Labute approximate surface area is 68.9 Å². The van der Waals surface area contributed by atoms with E-state index in [9.17, 15) is 8.78 Å². The maximum Gasteiger partial charge on any atom is 0.388 e. The van der Waals surface area contributed by atoms with Gasteiger partial charge in [0.1, 0.15) is 0 Å². The van der Waals surface area contributed by atoms with Gasteiger partial charge < -0.3 is 4.74 Å². The molecule has 12 heavy (non-hydrogen) atoms. The highest BCUT2D eigenvalue weighted by Crippen LogP contribution is 2.16. The van der Waals surface area contributed by atoms with Gasteiger partial charge in [0.15, 0.2) is 0 Å². The van der Waals surface area contributed by atoms with Gasteiger partial charge in [-0.25, -0.2) is 0 Å². The molecule has 5 heteroatoms. The average Bonchev–Trinajstić information content (AvgIpc) is 2.31. The first-order valence-corrected chi connectivity index (χ1v) is 3.62. The molecule has 0 aliphatic rings. The van der Waals surface area contributed by atoms with Crippen molar-refractivity contribution in [2.45, 2.75) is 27.0 Å². The van der Waals surface area contributed by atoms with Crippen LogP contribution in [0.1, 0.15) is 12.5 Å². The van der Waals surface area contributed by atoms with Crippen molar-refractivity contribution in [1.82, 2.24) is 9.78 Å². The number of nitrogens with zero attached hydrogens (tertiary/aromatic N) is 2. The molecule has 1 aromatic heterocycles. The Morgan fingerprint density at radius 2 is 2.33 bits per heavy atom. The van der Waals surface area contributed by atoms with E-state index >= 15 is 0 Å². The minimum absolute atomic E-state index is 0.00634. The van der Waals surface area contributed by atoms with Crippen LogP contribution in [0.5, 0.6) is 5.88 Å². The third-order valence-corrected chi connectivity index (χ3v) is 1.42. The molecule has 0 aromatic carbocycles. The van der Waals surface area contributed by atoms with Crippen LogP contribution in [0.4, 0.5) is 8.78 Å². The van der Waals surface area contributed by atoms with E-state index < -0.39 is 6.61 Å². The summed E-state index contributed by atoms with van der Waals surface area (Å²) in [7, 11) is 0. The fourth-order valence-corrected chi connectivity index (χ4v) is 0.866. The summed E-state index contributed by atoms with van der Waals surface area (Å²) < 4.78 is 29.2. The summed E-state index contributed by atoms with van der Waals surface area (Å²) in [5, 5.41) is 3.78. The van der Waals surface area contributed by atoms with Gasteiger partial charge >= 0.3 is 6.61 Å². The number of aromatic nitrogens is 2. The molecular weight excluding hydrogens is 166 g/mol. The second-order valence-electron chi connectivity index (χ2n) is 2.35. The number of rotatable bonds is 3. The molecule has 0 spiro atoms. The molecule has 0 saturated heterocycles. The lowest BCUT2D eigenvalue weighted by Gasteiger charge is -1.99. The topological polar surface area (TPSA) is 27.1 Å². The molecule has 0 saturated carbocycles. The lowest BCUT2D eigenvalue weighted by molar-refractivity contribution is -0.0536. The lowest BCUT2D eigenvalue weighted by atomic mass is 10.4. The van der Waals surface area contributed by atoms with Crippen LogP contribution in [0, 0.1) is 6.92 Å². The van der Waals surface area contributed by atoms with Crippen molar-refractivity contribution in [3.63, 3.8) is 0 Å². The van der Waals surface area contributed by atoms with Crippen LogP contribution in [0.15, 0.2) is 6.20 Å². The SMILES string of the molecule is CCn1cc(C)c(OC(F)F)n1. The van der Waals surface area contributed by atoms with Gasteiger partial charge in [-0.3, -0.25) is 4.68 Å². The summed E-state index contributed by atoms with van der Waals surface area (Å²) in [6.07, 6.45) is 1.66. The van der Waals surface area contributed by atoms with Crippen molar-refractivity contribution >= 4 is 0 Å². The van der Waals surface area contributed by atoms with Gasteiger partial charge in [-0.05, 0) is 13.8 Å². The average molecular weight is 176 g/mol. The van der Waals surface area contributed by atoms with Crippen LogP contribution in [-0.2, 0) is 6.54 Å². The second kappa shape index (κ2) is 3.51. The molecule has 0 amide bonds. The van der Waals surface area contributed by atoms with E-state index in [1.165, 1.54) is 0 Å². The Kier molecular flexibility index (Phi) is 2.62. The van der Waals surface area contributed by atoms with Crippen molar-refractivity contribution < 1.29 is 13.5 Å². The number of hydrogen-bond acceptors (Lipinski definition) is 2. The number of halogens is 2. The van der Waals surface area contributed by atoms with Crippen molar-refractivity contribution in [1.29, 1.82) is 0 Å². The van der Waals surface area contributed by atoms with Gasteiger partial charge in [-0.1, -0.05) is 0 Å². The number of alkyl halides is 2. The van der Waals surface area contributed by atoms with E-state index in [1.807, 2.05) is 6.92 Å². The van der Waals surface area contributed by atoms with Crippen LogP contribution in [0.25, 0.3) is 0 Å². The molecule has 1 aromatic rings. The molecule has 1 heterocycles. The van der Waals surface area contributed by atoms with E-state index in [0.717, 1.165) is 0 Å². The molecule has 0 unspecified atom stereocenters. The molecule has 0 radical (unpaired) electrons. The predicted octanol–water partition coefficient (Wildman–Crippen LogP) is 1.81. The molecule has 0 aliphatic heterocycles. The van der Waals surface area contributed by atoms with E-state index in [1.54, 1.807) is 17.8 Å². The summed E-state index contributed by atoms with van der Waals surface area (Å²) >= 11 is 0. The van der Waals surface area contributed by atoms with E-state index in [2.05, 4.69) is 9.84 Å². The standard InChI is InChI=1S/C7H10F2N2O/c1-3-11-4-5(2)6(10-11)12-7(8)9/h4,7H,3H2,1-2H3. The lowest BCUT2D eigenvalue weighted by Crippen LogP contribution is -2.04. The Morgan fingerprint density at radius 1 is 1.67 bits per heavy atom. The molecule has 0 fully saturated rings. The largest absolute Gasteiger partial charge is 0.415 e. The Hall–Kier alpha value is -1.13. The number of aryl methyl sites for hydroxylation is 2. The van der Waals surface area contributed by atoms with Crippen LogP contribution >= 0.6 is 0 Å². The Balaban J connectivity index is 2.77. The fourth-order valence-electron chi connectivity index (χ4n) is 0.866. The van der Waals surface area contributed by atoms with Crippen molar-refractivity contribution in [2.75, 3.05) is 0 Å². The summed E-state index contributed by atoms with van der Waals surface area (Å²) in [6, 6.07) is 0. The van der Waals surface area contributed by atoms with Gasteiger partial charge in [-0.2, -0.15) is 8.78 Å². The zero-order chi connectivity index (χ0) is 9.14. The molecule has 0 N–H and O–H groups in total. The first-order valence-electron chi connectivity index (χ1n) is 3.62. The van der Waals surface area contributed by atoms with Gasteiger partial charge in [0.25, 0.3) is 0 Å². The van der Waals surface area contributed by atoms with Crippen LogP contribution in [0.3, 0.4) is 0 Å². The molecule has 0 aliphatic carbocycles. The molecule has 0 atom stereocenters. The fraction of sp³-hybridized carbons (Fsp3) is 0.571. The zero-order valence-corrected chi connectivity index (χ0v) is 6.92. The highest BCUT2D eigenvalue weighted by molar-refractivity contribution is 5.20. The quantitative estimate of drug-likeness (QED) is 0.702. The molecule has 1 rings (SSSR count).